The van der Waals surface area contributed by atoms with E-state index in [2.05, 4.69) is 6.58 Å². The molecule has 1 aliphatic heterocycles. The highest BCUT2D eigenvalue weighted by Gasteiger charge is 2.06. The highest BCUT2D eigenvalue weighted by Crippen LogP contribution is 1.96. The number of rotatable bonds is 2. The molecule has 3 nitrogen and oxygen atoms in total. The van der Waals surface area contributed by atoms with Crippen LogP contribution in [0.15, 0.2) is 12.7 Å². The Morgan fingerprint density at radius 2 is 2.11 bits per heavy atom. The highest BCUT2D eigenvalue weighted by molar-refractivity contribution is 4.70. The summed E-state index contributed by atoms with van der Waals surface area (Å²) in [6, 6.07) is 0. The predicted octanol–water partition coefficient (Wildman–Crippen LogP) is 0.394. The van der Waals surface area contributed by atoms with E-state index in [0.29, 0.717) is 20.3 Å². The van der Waals surface area contributed by atoms with Crippen LogP contribution in [0.25, 0.3) is 0 Å². The van der Waals surface area contributed by atoms with Crippen LogP contribution in [-0.2, 0) is 9.47 Å². The molecule has 0 bridgehead atoms. The lowest BCUT2D eigenvalue weighted by Gasteiger charge is -2.24. The molecule has 1 saturated heterocycles. The van der Waals surface area contributed by atoms with Crippen LogP contribution in [0.4, 0.5) is 0 Å². The zero-order valence-electron chi connectivity index (χ0n) is 5.38. The first kappa shape index (κ1) is 6.74. The molecule has 0 aliphatic carbocycles. The van der Waals surface area contributed by atoms with E-state index in [1.807, 2.05) is 11.0 Å². The average molecular weight is 129 g/mol. The molecular weight excluding hydrogens is 118 g/mol. The summed E-state index contributed by atoms with van der Waals surface area (Å²) < 4.78 is 9.98. The van der Waals surface area contributed by atoms with Crippen LogP contribution in [0.5, 0.6) is 0 Å². The molecule has 0 atom stereocenters. The molecule has 0 unspecified atom stereocenters. The van der Waals surface area contributed by atoms with Gasteiger partial charge in [0.05, 0.1) is 0 Å². The van der Waals surface area contributed by atoms with Gasteiger partial charge < -0.3 is 9.47 Å². The Morgan fingerprint density at radius 1 is 1.44 bits per heavy atom. The van der Waals surface area contributed by atoms with Crippen LogP contribution in [0.1, 0.15) is 0 Å². The maximum absolute atomic E-state index is 4.99. The van der Waals surface area contributed by atoms with Gasteiger partial charge in [0.1, 0.15) is 20.3 Å². The Bertz CT molecular complexity index is 89.1. The summed E-state index contributed by atoms with van der Waals surface area (Å²) >= 11 is 0. The Kier molecular flexibility index (Phi) is 2.70. The summed E-state index contributed by atoms with van der Waals surface area (Å²) in [6.07, 6.45) is 1.83. The lowest BCUT2D eigenvalue weighted by atomic mass is 10.6. The maximum Gasteiger partial charge on any atom is 0.150 e. The molecule has 1 aliphatic rings. The first-order chi connectivity index (χ1) is 4.43. The van der Waals surface area contributed by atoms with Crippen molar-refractivity contribution in [3.05, 3.63) is 12.7 Å². The average Bonchev–Trinajstić information content (AvgIpc) is 1.91. The Morgan fingerprint density at radius 3 is 2.67 bits per heavy atom. The molecule has 1 rings (SSSR count). The van der Waals surface area contributed by atoms with Crippen molar-refractivity contribution in [3.8, 4) is 0 Å². The van der Waals surface area contributed by atoms with Crippen LogP contribution < -0.4 is 0 Å². The summed E-state index contributed by atoms with van der Waals surface area (Å²) in [7, 11) is 0. The fourth-order valence-electron chi connectivity index (χ4n) is 0.717. The van der Waals surface area contributed by atoms with Crippen molar-refractivity contribution < 1.29 is 9.47 Å². The van der Waals surface area contributed by atoms with Gasteiger partial charge in [-0.25, -0.2) is 0 Å². The first-order valence-corrected chi connectivity index (χ1v) is 2.92. The second kappa shape index (κ2) is 3.61. The third kappa shape index (κ3) is 2.13. The van der Waals surface area contributed by atoms with Gasteiger partial charge in [0.25, 0.3) is 0 Å². The lowest BCUT2D eigenvalue weighted by Crippen LogP contribution is -2.34. The second-order valence-electron chi connectivity index (χ2n) is 1.93. The molecule has 0 radical (unpaired) electrons. The molecule has 0 spiro atoms. The summed E-state index contributed by atoms with van der Waals surface area (Å²) in [6.45, 7) is 6.18. The largest absolute Gasteiger partial charge is 0.340 e. The van der Waals surface area contributed by atoms with Crippen LogP contribution in [0, 0.1) is 0 Å². The molecule has 0 saturated carbocycles. The van der Waals surface area contributed by atoms with Crippen molar-refractivity contribution in [1.82, 2.24) is 4.90 Å². The quantitative estimate of drug-likeness (QED) is 0.503. The van der Waals surface area contributed by atoms with E-state index in [1.165, 1.54) is 0 Å². The van der Waals surface area contributed by atoms with Crippen LogP contribution >= 0.6 is 0 Å². The Labute approximate surface area is 54.9 Å². The fraction of sp³-hybridized carbons (Fsp3) is 0.667. The Hall–Kier alpha value is -0.380. The van der Waals surface area contributed by atoms with Crippen LogP contribution in [-0.4, -0.2) is 31.7 Å². The topological polar surface area (TPSA) is 21.7 Å². The molecule has 0 aromatic heterocycles. The number of nitrogens with zero attached hydrogens (tertiary/aromatic N) is 1. The van der Waals surface area contributed by atoms with Gasteiger partial charge in [0.15, 0.2) is 0 Å². The minimum atomic E-state index is 0.424. The summed E-state index contributed by atoms with van der Waals surface area (Å²) in [4.78, 5) is 2.01. The third-order valence-electron chi connectivity index (χ3n) is 1.10. The third-order valence-corrected chi connectivity index (χ3v) is 1.10. The van der Waals surface area contributed by atoms with Gasteiger partial charge in [-0.15, -0.1) is 6.58 Å². The monoisotopic (exact) mass is 129 g/mol. The van der Waals surface area contributed by atoms with E-state index in [-0.39, 0.29) is 0 Å². The normalized spacial score (nSPS) is 21.8. The van der Waals surface area contributed by atoms with Crippen molar-refractivity contribution in [2.45, 2.75) is 0 Å². The van der Waals surface area contributed by atoms with Gasteiger partial charge in [-0.05, 0) is 0 Å². The molecule has 3 heteroatoms. The van der Waals surface area contributed by atoms with E-state index in [1.54, 1.807) is 0 Å². The van der Waals surface area contributed by atoms with Crippen molar-refractivity contribution >= 4 is 0 Å². The lowest BCUT2D eigenvalue weighted by molar-refractivity contribution is -0.179. The van der Waals surface area contributed by atoms with Crippen molar-refractivity contribution in [2.75, 3.05) is 26.8 Å². The summed E-state index contributed by atoms with van der Waals surface area (Å²) in [5.74, 6) is 0. The van der Waals surface area contributed by atoms with E-state index < -0.39 is 0 Å². The maximum atomic E-state index is 4.99. The summed E-state index contributed by atoms with van der Waals surface area (Å²) in [5.41, 5.74) is 0. The molecule has 9 heavy (non-hydrogen) atoms. The van der Waals surface area contributed by atoms with E-state index >= 15 is 0 Å². The number of ether oxygens (including phenoxy) is 2. The van der Waals surface area contributed by atoms with Crippen LogP contribution in [0.3, 0.4) is 0 Å². The predicted molar refractivity (Wildman–Crippen MR) is 33.7 cm³/mol. The molecule has 1 fully saturated rings. The second-order valence-corrected chi connectivity index (χ2v) is 1.93. The molecular formula is C6H11NO2. The van der Waals surface area contributed by atoms with Gasteiger partial charge >= 0.3 is 0 Å². The van der Waals surface area contributed by atoms with Crippen LogP contribution in [0.2, 0.25) is 0 Å². The van der Waals surface area contributed by atoms with Gasteiger partial charge in [0, 0.05) is 6.54 Å². The first-order valence-electron chi connectivity index (χ1n) is 2.92. The van der Waals surface area contributed by atoms with Gasteiger partial charge in [-0.3, -0.25) is 4.90 Å². The number of hydrogen-bond donors (Lipinski definition) is 0. The van der Waals surface area contributed by atoms with Gasteiger partial charge in [0.2, 0.25) is 0 Å². The minimum absolute atomic E-state index is 0.424. The molecule has 0 N–H and O–H groups in total. The fourth-order valence-corrected chi connectivity index (χ4v) is 0.717. The molecule has 0 aromatic carbocycles. The van der Waals surface area contributed by atoms with E-state index in [0.717, 1.165) is 6.54 Å². The molecule has 0 aromatic rings. The molecule has 52 valence electrons. The Balaban J connectivity index is 2.15. The highest BCUT2D eigenvalue weighted by atomic mass is 16.7. The smallest absolute Gasteiger partial charge is 0.150 e. The zero-order chi connectivity index (χ0) is 6.53. The van der Waals surface area contributed by atoms with E-state index in [4.69, 9.17) is 9.47 Å². The number of hydrogen-bond acceptors (Lipinski definition) is 3. The summed E-state index contributed by atoms with van der Waals surface area (Å²) in [5, 5.41) is 0. The van der Waals surface area contributed by atoms with Gasteiger partial charge in [-0.2, -0.15) is 0 Å². The standard InChI is InChI=1S/C6H11NO2/c1-2-3-7-4-8-6-9-5-7/h2H,1,3-6H2. The van der Waals surface area contributed by atoms with Gasteiger partial charge in [-0.1, -0.05) is 6.08 Å². The molecule has 1 heterocycles. The zero-order valence-corrected chi connectivity index (χ0v) is 5.38. The van der Waals surface area contributed by atoms with Crippen molar-refractivity contribution in [1.29, 1.82) is 0 Å². The van der Waals surface area contributed by atoms with Crippen molar-refractivity contribution in [3.63, 3.8) is 0 Å². The van der Waals surface area contributed by atoms with E-state index in [9.17, 15) is 0 Å². The minimum Gasteiger partial charge on any atom is -0.340 e. The SMILES string of the molecule is C=CCN1COCOC1. The molecule has 0 amide bonds. The van der Waals surface area contributed by atoms with Crippen molar-refractivity contribution in [2.24, 2.45) is 0 Å².